The number of benzene rings is 9. The van der Waals surface area contributed by atoms with Crippen molar-refractivity contribution in [1.82, 2.24) is 0 Å². The van der Waals surface area contributed by atoms with E-state index in [9.17, 15) is 39.3 Å². The summed E-state index contributed by atoms with van der Waals surface area (Å²) in [5.74, 6) is -0.573. The van der Waals surface area contributed by atoms with Gasteiger partial charge in [0.2, 0.25) is 0 Å². The number of phenols is 3. The monoisotopic (exact) mass is 1940 g/mol. The SMILES string of the molecule is BrCc1ccccc1.BrCc1ccccc1.CCC/C=C/B1OC(C)(C)C(C)(C)O1.CCC/C=C/c1cc(CC(=O)OCc2ccccc2)ccc1C.CCCCCc1cc(CC(=O)O)ccc1O.CCCCCc1cc(CC(=O)[O-])ccc1O.Cc1ccc(CC(=O)OCc2ccccc2)cc1Br.O=C(O)Cc1ccc(O)c(Br)c1.O=CO[O-].[Na+].[Na+]. The molecule has 18 nitrogen and oxygen atoms in total. The first kappa shape index (κ1) is 115. The quantitative estimate of drug-likeness (QED) is 0.00513. The fourth-order valence-corrected chi connectivity index (χ4v) is 12.3. The third-order valence-electron chi connectivity index (χ3n) is 18.0. The molecule has 122 heavy (non-hydrogen) atoms. The molecular formula is C97H117BBr4Na2O18. The predicted octanol–water partition coefficient (Wildman–Crippen LogP) is 15.7. The zero-order valence-corrected chi connectivity index (χ0v) is 82.9. The summed E-state index contributed by atoms with van der Waals surface area (Å²) in [5.41, 5.74) is 13.5. The number of carboxylic acid groups (broad SMARTS) is 3. The average Bonchev–Trinajstić information content (AvgIpc) is 1.64. The number of aromatic hydroxyl groups is 3. The van der Waals surface area contributed by atoms with Crippen LogP contribution in [0.25, 0.3) is 6.08 Å². The maximum absolute atomic E-state index is 12.0. The van der Waals surface area contributed by atoms with Gasteiger partial charge in [-0.2, -0.15) is 0 Å². The Morgan fingerprint density at radius 2 is 0.795 bits per heavy atom. The molecule has 10 rings (SSSR count). The number of carbonyl (C=O) groups is 6. The number of halogens is 4. The van der Waals surface area contributed by atoms with Gasteiger partial charge in [0.1, 0.15) is 30.5 Å². The minimum absolute atomic E-state index is 0. The molecule has 1 fully saturated rings. The molecule has 1 heterocycles. The van der Waals surface area contributed by atoms with Crippen LogP contribution in [0.2, 0.25) is 0 Å². The number of esters is 2. The van der Waals surface area contributed by atoms with Crippen LogP contribution in [0.1, 0.15) is 197 Å². The van der Waals surface area contributed by atoms with Gasteiger partial charge in [-0.25, -0.2) is 0 Å². The normalized spacial score (nSPS) is 11.5. The van der Waals surface area contributed by atoms with E-state index in [0.29, 0.717) is 41.7 Å². The average molecular weight is 1950 g/mol. The van der Waals surface area contributed by atoms with E-state index in [1.165, 1.54) is 28.3 Å². The summed E-state index contributed by atoms with van der Waals surface area (Å²) in [6.07, 6.45) is 19.5. The van der Waals surface area contributed by atoms with Gasteiger partial charge in [0.15, 0.2) is 0 Å². The zero-order valence-electron chi connectivity index (χ0n) is 72.6. The molecule has 0 amide bonds. The van der Waals surface area contributed by atoms with Crippen LogP contribution in [0.4, 0.5) is 0 Å². The van der Waals surface area contributed by atoms with Crippen molar-refractivity contribution in [2.24, 2.45) is 0 Å². The largest absolute Gasteiger partial charge is 1.00 e. The fourth-order valence-electron chi connectivity index (χ4n) is 10.7. The second-order valence-corrected chi connectivity index (χ2v) is 31.5. The molecule has 0 saturated carbocycles. The molecule has 0 radical (unpaired) electrons. The third kappa shape index (κ3) is 52.4. The first-order chi connectivity index (χ1) is 57.4. The molecule has 1 saturated heterocycles. The Bertz CT molecular complexity index is 4360. The Kier molecular flexibility index (Phi) is 63.7. The zero-order chi connectivity index (χ0) is 89.1. The summed E-state index contributed by atoms with van der Waals surface area (Å²) in [7, 11) is -0.174. The molecule has 1 aliphatic rings. The van der Waals surface area contributed by atoms with Crippen LogP contribution in [0.5, 0.6) is 17.2 Å². The molecule has 0 spiro atoms. The Hall–Kier alpha value is -7.46. The van der Waals surface area contributed by atoms with E-state index >= 15 is 0 Å². The van der Waals surface area contributed by atoms with Crippen molar-refractivity contribution < 1.29 is 147 Å². The number of hydrogen-bond acceptors (Lipinski definition) is 16. The molecular weight excluding hydrogens is 1830 g/mol. The number of ether oxygens (including phenoxy) is 2. The van der Waals surface area contributed by atoms with Gasteiger partial charge in [0.05, 0.1) is 41.4 Å². The summed E-state index contributed by atoms with van der Waals surface area (Å²) < 4.78 is 23.7. The summed E-state index contributed by atoms with van der Waals surface area (Å²) in [6, 6.07) is 66.6. The van der Waals surface area contributed by atoms with Crippen molar-refractivity contribution in [3.63, 3.8) is 0 Å². The molecule has 1 aliphatic heterocycles. The van der Waals surface area contributed by atoms with Crippen LogP contribution in [-0.2, 0) is 121 Å². The number of carbonyl (C=O) groups excluding carboxylic acids is 4. The summed E-state index contributed by atoms with van der Waals surface area (Å²) >= 11 is 13.3. The number of aliphatic carboxylic acids is 3. The molecule has 0 unspecified atom stereocenters. The number of hydrogen-bond donors (Lipinski definition) is 5. The number of allylic oxidation sites excluding steroid dienone is 2. The van der Waals surface area contributed by atoms with E-state index < -0.39 is 17.9 Å². The van der Waals surface area contributed by atoms with Gasteiger partial charge in [-0.05, 0) is 204 Å². The first-order valence-corrected chi connectivity index (χ1v) is 43.8. The topological polar surface area (TPSA) is 296 Å². The van der Waals surface area contributed by atoms with Crippen molar-refractivity contribution in [3.05, 3.63) is 317 Å². The van der Waals surface area contributed by atoms with Crippen LogP contribution < -0.4 is 69.5 Å². The summed E-state index contributed by atoms with van der Waals surface area (Å²) in [6.45, 7) is 21.4. The maximum atomic E-state index is 12.0. The van der Waals surface area contributed by atoms with Crippen molar-refractivity contribution in [1.29, 1.82) is 0 Å². The van der Waals surface area contributed by atoms with Crippen molar-refractivity contribution >= 4 is 113 Å². The molecule has 9 aromatic carbocycles. The van der Waals surface area contributed by atoms with Crippen LogP contribution in [0.15, 0.2) is 239 Å². The molecule has 25 heteroatoms. The van der Waals surface area contributed by atoms with Gasteiger partial charge in [0, 0.05) is 27.5 Å². The Labute approximate surface area is 800 Å². The number of aryl methyl sites for hydroxylation is 4. The van der Waals surface area contributed by atoms with E-state index in [4.69, 9.17) is 44.2 Å². The van der Waals surface area contributed by atoms with Crippen molar-refractivity contribution in [2.45, 2.75) is 213 Å². The Morgan fingerprint density at radius 1 is 0.443 bits per heavy atom. The van der Waals surface area contributed by atoms with Gasteiger partial charge in [-0.3, -0.25) is 24.0 Å². The summed E-state index contributed by atoms with van der Waals surface area (Å²) in [5, 5.41) is 66.2. The van der Waals surface area contributed by atoms with Crippen LogP contribution >= 0.6 is 63.7 Å². The number of unbranched alkanes of at least 4 members (excludes halogenated alkanes) is 6. The van der Waals surface area contributed by atoms with E-state index in [-0.39, 0.29) is 132 Å². The van der Waals surface area contributed by atoms with Crippen LogP contribution in [-0.4, -0.2) is 80.2 Å². The minimum atomic E-state index is -1.09. The molecule has 646 valence electrons. The Balaban J connectivity index is 0.00000138. The van der Waals surface area contributed by atoms with Gasteiger partial charge in [0.25, 0.3) is 6.47 Å². The molecule has 5 N–H and O–H groups in total. The number of phenolic OH excluding ortho intramolecular Hbond substituents is 3. The molecule has 0 bridgehead atoms. The van der Waals surface area contributed by atoms with Crippen molar-refractivity contribution in [3.8, 4) is 17.2 Å². The number of alkyl halides is 2. The maximum Gasteiger partial charge on any atom is 1.00 e. The van der Waals surface area contributed by atoms with Gasteiger partial charge >= 0.3 is 90.1 Å². The van der Waals surface area contributed by atoms with Crippen LogP contribution in [0, 0.1) is 13.8 Å². The Morgan fingerprint density at radius 3 is 1.16 bits per heavy atom. The standard InChI is InChI=1S/C21H24O2.C16H15BrO2.2C13H18O3.C11H21BO2.C8H7BrO3.2C7H7Br.CH2O3.2Na/c1-3-4-6-11-20-14-19(13-12-17(20)2)15-21(22)23-16-18-9-7-5-8-10-18;1-12-7-8-14(9-15(12)17)10-16(18)19-11-13-5-3-2-4-6-13;2*1-2-3-4-5-11-8-10(9-13(15)16)6-7-12(11)14;1-6-7-8-9-12-13-10(2,3)11(4,5)14-12;9-6-3-5(4-8(11)12)1-2-7(6)10;2*8-6-7-4-2-1-3-5-7;2-1-4-3;;/h5-14H,3-4,15-16H2,1-2H3;2-9H,10-11H2,1H3;2*6-8,14H,2-5,9H2,1H3,(H,15,16);8-9H,6-7H2,1-5H3;1-3,10H,4H2,(H,11,12);2*1-5H,6H2;1,3H;;/q;;;;;;;;;2*+1/p-2/b11-6+;;;;9-8+;;;;;;. The second-order valence-electron chi connectivity index (χ2n) is 28.7. The second kappa shape index (κ2) is 67.9. The number of rotatable bonds is 31. The smallest absolute Gasteiger partial charge is 0.662 e. The third-order valence-corrected chi connectivity index (χ3v) is 20.8. The van der Waals surface area contributed by atoms with E-state index in [2.05, 4.69) is 186 Å². The minimum Gasteiger partial charge on any atom is -0.662 e. The van der Waals surface area contributed by atoms with Gasteiger partial charge < -0.3 is 64.4 Å². The van der Waals surface area contributed by atoms with Crippen LogP contribution in [0.3, 0.4) is 0 Å². The van der Waals surface area contributed by atoms with E-state index in [0.717, 1.165) is 137 Å². The van der Waals surface area contributed by atoms with E-state index in [1.54, 1.807) is 48.5 Å². The number of carboxylic acids is 3. The van der Waals surface area contributed by atoms with Gasteiger partial charge in [-0.1, -0.05) is 320 Å². The molecule has 9 aromatic rings. The van der Waals surface area contributed by atoms with Crippen molar-refractivity contribution in [2.75, 3.05) is 0 Å². The molecule has 0 aromatic heterocycles. The fraction of sp³-hybridized carbons (Fsp3) is 0.340. The van der Waals surface area contributed by atoms with E-state index in [1.807, 2.05) is 134 Å². The predicted molar refractivity (Wildman–Crippen MR) is 489 cm³/mol. The molecule has 0 aliphatic carbocycles. The summed E-state index contributed by atoms with van der Waals surface area (Å²) in [4.78, 5) is 66.3. The molecule has 0 atom stereocenters. The van der Waals surface area contributed by atoms with Gasteiger partial charge in [-0.15, -0.1) is 0 Å². The first-order valence-electron chi connectivity index (χ1n) is 39.9.